The molecule has 9 heteroatoms. The first kappa shape index (κ1) is 22.2. The molecule has 1 saturated carbocycles. The molecule has 2 aromatic heterocycles. The van der Waals surface area contributed by atoms with Gasteiger partial charge in [0.1, 0.15) is 17.3 Å². The maximum atomic E-state index is 13.7. The van der Waals surface area contributed by atoms with Crippen LogP contribution in [0.1, 0.15) is 18.4 Å². The lowest BCUT2D eigenvalue weighted by Gasteiger charge is -2.25. The summed E-state index contributed by atoms with van der Waals surface area (Å²) in [6, 6.07) is 17.1. The molecule has 0 spiro atoms. The van der Waals surface area contributed by atoms with Gasteiger partial charge in [0.2, 0.25) is 5.91 Å². The van der Waals surface area contributed by atoms with E-state index in [4.69, 9.17) is 10.2 Å². The van der Waals surface area contributed by atoms with Crippen molar-refractivity contribution in [3.63, 3.8) is 0 Å². The second-order valence-electron chi connectivity index (χ2n) is 9.38. The van der Waals surface area contributed by atoms with Gasteiger partial charge in [0.15, 0.2) is 0 Å². The smallest absolute Gasteiger partial charge is 0.271 e. The molecule has 4 aromatic rings. The molecule has 0 bridgehead atoms. The fraction of sp³-hybridized carbons (Fsp3) is 0.259. The number of carbonyl (C=O) groups excluding carboxylic acids is 1. The summed E-state index contributed by atoms with van der Waals surface area (Å²) in [7, 11) is 0. The van der Waals surface area contributed by atoms with Gasteiger partial charge in [-0.2, -0.15) is 14.9 Å². The third-order valence-electron chi connectivity index (χ3n) is 6.67. The van der Waals surface area contributed by atoms with Crippen LogP contribution in [-0.2, 0) is 11.3 Å². The minimum Gasteiger partial charge on any atom is -0.369 e. The maximum absolute atomic E-state index is 13.7. The molecule has 1 unspecified atom stereocenters. The van der Waals surface area contributed by atoms with Gasteiger partial charge in [-0.25, -0.2) is 9.07 Å². The molecular formula is C27H25FN6O2. The lowest BCUT2D eigenvalue weighted by atomic mass is 10.0. The Bertz CT molecular complexity index is 1520. The van der Waals surface area contributed by atoms with Gasteiger partial charge in [0, 0.05) is 24.2 Å². The zero-order valence-corrected chi connectivity index (χ0v) is 19.7. The Balaban J connectivity index is 1.47. The van der Waals surface area contributed by atoms with Crippen LogP contribution in [0, 0.1) is 18.7 Å². The van der Waals surface area contributed by atoms with Crippen LogP contribution in [0.15, 0.2) is 65.5 Å². The fourth-order valence-corrected chi connectivity index (χ4v) is 4.56. The van der Waals surface area contributed by atoms with Crippen LogP contribution in [0.5, 0.6) is 0 Å². The van der Waals surface area contributed by atoms with Gasteiger partial charge in [-0.1, -0.05) is 18.2 Å². The molecule has 8 nitrogen and oxygen atoms in total. The minimum absolute atomic E-state index is 0.0160. The van der Waals surface area contributed by atoms with E-state index in [1.165, 1.54) is 22.9 Å². The minimum atomic E-state index is -0.342. The molecule has 182 valence electrons. The monoisotopic (exact) mass is 484 g/mol. The van der Waals surface area contributed by atoms with Crippen molar-refractivity contribution in [1.82, 2.24) is 24.9 Å². The Labute approximate surface area is 206 Å². The Kier molecular flexibility index (Phi) is 5.40. The van der Waals surface area contributed by atoms with Crippen molar-refractivity contribution >= 4 is 11.7 Å². The molecule has 1 aliphatic carbocycles. The van der Waals surface area contributed by atoms with Crippen molar-refractivity contribution in [3.05, 3.63) is 82.4 Å². The van der Waals surface area contributed by atoms with Gasteiger partial charge in [0.25, 0.3) is 5.56 Å². The predicted octanol–water partition coefficient (Wildman–Crippen LogP) is 3.53. The summed E-state index contributed by atoms with van der Waals surface area (Å²) >= 11 is 0. The summed E-state index contributed by atoms with van der Waals surface area (Å²) < 4.78 is 16.9. The molecule has 3 heterocycles. The number of benzene rings is 2. The third-order valence-corrected chi connectivity index (χ3v) is 6.67. The van der Waals surface area contributed by atoms with Crippen LogP contribution in [0.4, 0.5) is 10.2 Å². The maximum Gasteiger partial charge on any atom is 0.271 e. The summed E-state index contributed by atoms with van der Waals surface area (Å²) in [5.41, 5.74) is 3.92. The highest BCUT2D eigenvalue weighted by Crippen LogP contribution is 2.38. The molecule has 1 amide bonds. The Hall–Kier alpha value is -4.27. The number of nitrogens with zero attached hydrogens (tertiary/aromatic N) is 4. The van der Waals surface area contributed by atoms with E-state index in [-0.39, 0.29) is 29.2 Å². The van der Waals surface area contributed by atoms with E-state index in [1.54, 1.807) is 22.9 Å². The number of aromatic nitrogens is 4. The van der Waals surface area contributed by atoms with E-state index >= 15 is 0 Å². The molecule has 0 saturated heterocycles. The summed E-state index contributed by atoms with van der Waals surface area (Å²) in [5.74, 6) is 0.126. The first-order valence-electron chi connectivity index (χ1n) is 12.1. The molecule has 2 aromatic carbocycles. The average Bonchev–Trinajstić information content (AvgIpc) is 3.62. The standard InChI is InChI=1S/C27H25FN6O2/c1-16-4-2-3-5-22(16)34-23(35)13-12-21(31-34)24-25(17-6-8-19(28)9-7-17)32-33-15-18(14-29-26(24)33)27(36)30-20-10-11-20/h2-9,12-13,18,20,29H,10-11,14-15H2,1H3,(H,30,36). The van der Waals surface area contributed by atoms with Crippen molar-refractivity contribution in [2.75, 3.05) is 11.9 Å². The zero-order valence-electron chi connectivity index (χ0n) is 19.7. The summed E-state index contributed by atoms with van der Waals surface area (Å²) in [6.07, 6.45) is 2.06. The van der Waals surface area contributed by atoms with Gasteiger partial charge < -0.3 is 10.6 Å². The van der Waals surface area contributed by atoms with Crippen molar-refractivity contribution < 1.29 is 9.18 Å². The first-order chi connectivity index (χ1) is 17.5. The highest BCUT2D eigenvalue weighted by atomic mass is 19.1. The summed E-state index contributed by atoms with van der Waals surface area (Å²) in [4.78, 5) is 25.5. The highest BCUT2D eigenvalue weighted by molar-refractivity contribution is 5.88. The van der Waals surface area contributed by atoms with Crippen LogP contribution in [0.25, 0.3) is 28.2 Å². The number of aryl methyl sites for hydroxylation is 1. The number of para-hydroxylation sites is 1. The second kappa shape index (κ2) is 8.75. The number of anilines is 1. The Morgan fingerprint density at radius 1 is 1.06 bits per heavy atom. The molecule has 6 rings (SSSR count). The van der Waals surface area contributed by atoms with Gasteiger partial charge >= 0.3 is 0 Å². The van der Waals surface area contributed by atoms with Gasteiger partial charge in [-0.15, -0.1) is 0 Å². The van der Waals surface area contributed by atoms with Crippen LogP contribution in [-0.4, -0.2) is 38.1 Å². The number of carbonyl (C=O) groups is 1. The fourth-order valence-electron chi connectivity index (χ4n) is 4.56. The topological polar surface area (TPSA) is 93.8 Å². The Morgan fingerprint density at radius 3 is 2.58 bits per heavy atom. The van der Waals surface area contributed by atoms with E-state index in [2.05, 4.69) is 10.6 Å². The van der Waals surface area contributed by atoms with Crippen LogP contribution < -0.4 is 16.2 Å². The number of halogens is 1. The van der Waals surface area contributed by atoms with Crippen LogP contribution in [0.3, 0.4) is 0 Å². The van der Waals surface area contributed by atoms with E-state index in [1.807, 2.05) is 31.2 Å². The van der Waals surface area contributed by atoms with E-state index in [0.29, 0.717) is 47.1 Å². The SMILES string of the molecule is Cc1ccccc1-n1nc(-c2c(-c3ccc(F)cc3)nn3c2NCC(C(=O)NC2CC2)C3)ccc1=O. The third kappa shape index (κ3) is 4.06. The summed E-state index contributed by atoms with van der Waals surface area (Å²) in [6.45, 7) is 2.79. The van der Waals surface area contributed by atoms with Crippen molar-refractivity contribution in [3.8, 4) is 28.2 Å². The van der Waals surface area contributed by atoms with Crippen LogP contribution >= 0.6 is 0 Å². The summed E-state index contributed by atoms with van der Waals surface area (Å²) in [5, 5.41) is 16.0. The van der Waals surface area contributed by atoms with Crippen LogP contribution in [0.2, 0.25) is 0 Å². The lowest BCUT2D eigenvalue weighted by Crippen LogP contribution is -2.41. The Morgan fingerprint density at radius 2 is 1.83 bits per heavy atom. The predicted molar refractivity (Wildman–Crippen MR) is 134 cm³/mol. The number of nitrogens with one attached hydrogen (secondary N) is 2. The second-order valence-corrected chi connectivity index (χ2v) is 9.38. The van der Waals surface area contributed by atoms with Gasteiger partial charge in [-0.3, -0.25) is 9.59 Å². The van der Waals surface area contributed by atoms with Crippen molar-refractivity contribution in [2.24, 2.45) is 5.92 Å². The molecule has 1 fully saturated rings. The zero-order chi connectivity index (χ0) is 24.8. The quantitative estimate of drug-likeness (QED) is 0.452. The molecule has 36 heavy (non-hydrogen) atoms. The number of fused-ring (bicyclic) bond motifs is 1. The van der Waals surface area contributed by atoms with E-state index < -0.39 is 0 Å². The molecule has 2 aliphatic rings. The number of hydrogen-bond donors (Lipinski definition) is 2. The number of rotatable bonds is 5. The highest BCUT2D eigenvalue weighted by Gasteiger charge is 2.33. The van der Waals surface area contributed by atoms with E-state index in [9.17, 15) is 14.0 Å². The molecule has 1 aliphatic heterocycles. The van der Waals surface area contributed by atoms with Gasteiger partial charge in [-0.05, 0) is 61.7 Å². The molecule has 0 radical (unpaired) electrons. The van der Waals surface area contributed by atoms with Gasteiger partial charge in [0.05, 0.1) is 29.4 Å². The average molecular weight is 485 g/mol. The van der Waals surface area contributed by atoms with E-state index in [0.717, 1.165) is 18.4 Å². The number of hydrogen-bond acceptors (Lipinski definition) is 5. The largest absolute Gasteiger partial charge is 0.369 e. The molecule has 2 N–H and O–H groups in total. The molecular weight excluding hydrogens is 459 g/mol. The first-order valence-corrected chi connectivity index (χ1v) is 12.1. The normalized spacial score (nSPS) is 16.8. The van der Waals surface area contributed by atoms with Crippen molar-refractivity contribution in [1.29, 1.82) is 0 Å². The molecule has 1 atom stereocenters. The lowest BCUT2D eigenvalue weighted by molar-refractivity contribution is -0.125. The number of amides is 1. The van der Waals surface area contributed by atoms with Crippen molar-refractivity contribution in [2.45, 2.75) is 32.4 Å².